The number of allylic oxidation sites excluding steroid dienone is 1. The Labute approximate surface area is 209 Å². The smallest absolute Gasteiger partial charge is 0.305 e. The van der Waals surface area contributed by atoms with Gasteiger partial charge in [0.1, 0.15) is 11.5 Å². The van der Waals surface area contributed by atoms with Gasteiger partial charge in [-0.3, -0.25) is 4.79 Å². The number of carboxylic acids is 1. The Morgan fingerprint density at radius 3 is 2.60 bits per heavy atom. The summed E-state index contributed by atoms with van der Waals surface area (Å²) in [5.74, 6) is 2.68. The van der Waals surface area contributed by atoms with Crippen molar-refractivity contribution < 1.29 is 9.90 Å². The van der Waals surface area contributed by atoms with Crippen LogP contribution in [-0.2, 0) is 11.2 Å². The van der Waals surface area contributed by atoms with Crippen LogP contribution >= 0.6 is 11.6 Å². The van der Waals surface area contributed by atoms with Crippen molar-refractivity contribution in [2.24, 2.45) is 23.2 Å². The Hall–Kier alpha value is -2.93. The predicted octanol–water partition coefficient (Wildman–Crippen LogP) is 5.87. The summed E-state index contributed by atoms with van der Waals surface area (Å²) in [4.78, 5) is 29.1. The Kier molecular flexibility index (Phi) is 5.55. The molecule has 3 aromatic rings. The number of aliphatic carboxylic acids is 1. The van der Waals surface area contributed by atoms with Gasteiger partial charge in [0.25, 0.3) is 0 Å². The summed E-state index contributed by atoms with van der Waals surface area (Å²) in [7, 11) is 0. The molecule has 0 aromatic carbocycles. The number of rotatable bonds is 8. The molecule has 3 heterocycles. The van der Waals surface area contributed by atoms with Crippen molar-refractivity contribution in [2.75, 3.05) is 5.32 Å². The molecule has 0 amide bonds. The molecule has 1 unspecified atom stereocenters. The molecule has 8 heteroatoms. The summed E-state index contributed by atoms with van der Waals surface area (Å²) in [6.45, 7) is 3.90. The minimum atomic E-state index is -0.768. The molecule has 35 heavy (non-hydrogen) atoms. The molecule has 7 rings (SSSR count). The number of fused-ring (bicyclic) bond motifs is 1. The highest BCUT2D eigenvalue weighted by molar-refractivity contribution is 6.31. The first-order valence-corrected chi connectivity index (χ1v) is 12.9. The number of anilines is 1. The topological polar surface area (TPSA) is 104 Å². The number of carboxylic acid groups (broad SMARTS) is 1. The molecular formula is C27H30ClN5O2. The number of hydrogen-bond acceptors (Lipinski definition) is 5. The van der Waals surface area contributed by atoms with Gasteiger partial charge in [0, 0.05) is 41.1 Å². The van der Waals surface area contributed by atoms with E-state index in [1.54, 1.807) is 6.20 Å². The predicted molar refractivity (Wildman–Crippen MR) is 136 cm³/mol. The first-order chi connectivity index (χ1) is 16.9. The maximum Gasteiger partial charge on any atom is 0.305 e. The molecule has 4 fully saturated rings. The third-order valence-corrected chi connectivity index (χ3v) is 8.69. The van der Waals surface area contributed by atoms with Crippen LogP contribution < -0.4 is 5.32 Å². The summed E-state index contributed by atoms with van der Waals surface area (Å²) in [6.07, 6.45) is 15.1. The molecule has 1 atom stereocenters. The van der Waals surface area contributed by atoms with Crippen LogP contribution in [0.4, 0.5) is 5.82 Å². The number of nitrogens with zero attached hydrogens (tertiary/aromatic N) is 3. The number of carbonyl (C=O) groups is 1. The Morgan fingerprint density at radius 1 is 1.23 bits per heavy atom. The van der Waals surface area contributed by atoms with Gasteiger partial charge in [0.2, 0.25) is 0 Å². The number of halogens is 1. The van der Waals surface area contributed by atoms with Gasteiger partial charge in [-0.05, 0) is 74.2 Å². The normalized spacial score (nSPS) is 27.7. The minimum Gasteiger partial charge on any atom is -0.481 e. The van der Waals surface area contributed by atoms with Crippen LogP contribution in [0.5, 0.6) is 0 Å². The molecule has 0 aliphatic heterocycles. The van der Waals surface area contributed by atoms with E-state index in [1.807, 2.05) is 24.5 Å². The molecule has 4 aliphatic rings. The third-order valence-electron chi connectivity index (χ3n) is 8.48. The molecule has 0 spiro atoms. The average Bonchev–Trinajstić information content (AvgIpc) is 3.22. The van der Waals surface area contributed by atoms with Crippen molar-refractivity contribution in [3.05, 3.63) is 47.9 Å². The zero-order chi connectivity index (χ0) is 24.2. The first kappa shape index (κ1) is 22.5. The summed E-state index contributed by atoms with van der Waals surface area (Å²) < 4.78 is 0. The molecule has 182 valence electrons. The maximum atomic E-state index is 12.0. The second-order valence-electron chi connectivity index (χ2n) is 10.9. The number of aromatic nitrogens is 4. The summed E-state index contributed by atoms with van der Waals surface area (Å²) in [6, 6.07) is 1.69. The summed E-state index contributed by atoms with van der Waals surface area (Å²) >= 11 is 6.20. The lowest BCUT2D eigenvalue weighted by atomic mass is 9.47. The summed E-state index contributed by atoms with van der Waals surface area (Å²) in [5.41, 5.74) is 2.46. The fraction of sp³-hybridized carbons (Fsp3) is 0.481. The average molecular weight is 492 g/mol. The molecule has 3 aromatic heterocycles. The van der Waals surface area contributed by atoms with Gasteiger partial charge in [-0.2, -0.15) is 0 Å². The minimum absolute atomic E-state index is 0.0158. The van der Waals surface area contributed by atoms with Crippen LogP contribution in [0.25, 0.3) is 22.4 Å². The van der Waals surface area contributed by atoms with Gasteiger partial charge >= 0.3 is 5.97 Å². The molecule has 7 nitrogen and oxygen atoms in total. The molecule has 3 N–H and O–H groups in total. The van der Waals surface area contributed by atoms with Gasteiger partial charge in [0.15, 0.2) is 5.82 Å². The van der Waals surface area contributed by atoms with Crippen LogP contribution in [0.2, 0.25) is 5.02 Å². The lowest BCUT2D eigenvalue weighted by molar-refractivity contribution is -0.139. The third kappa shape index (κ3) is 4.10. The Bertz CT molecular complexity index is 1270. The number of aromatic amines is 1. The Balaban J connectivity index is 1.39. The van der Waals surface area contributed by atoms with Gasteiger partial charge in [0.05, 0.1) is 11.4 Å². The molecular weight excluding hydrogens is 462 g/mol. The second-order valence-corrected chi connectivity index (χ2v) is 11.3. The molecule has 4 saturated carbocycles. The van der Waals surface area contributed by atoms with Crippen molar-refractivity contribution in [1.29, 1.82) is 0 Å². The van der Waals surface area contributed by atoms with Gasteiger partial charge in [-0.1, -0.05) is 17.7 Å². The fourth-order valence-electron chi connectivity index (χ4n) is 7.49. The van der Waals surface area contributed by atoms with E-state index in [0.717, 1.165) is 59.2 Å². The lowest BCUT2D eigenvalue weighted by Crippen LogP contribution is -2.54. The molecule has 4 bridgehead atoms. The summed E-state index contributed by atoms with van der Waals surface area (Å²) in [5, 5.41) is 14.9. The van der Waals surface area contributed by atoms with Crippen LogP contribution in [0.3, 0.4) is 0 Å². The highest BCUT2D eigenvalue weighted by atomic mass is 35.5. The highest BCUT2D eigenvalue weighted by Crippen LogP contribution is 2.62. The molecule has 4 aliphatic carbocycles. The zero-order valence-electron chi connectivity index (χ0n) is 19.6. The van der Waals surface area contributed by atoms with Crippen LogP contribution in [0.15, 0.2) is 37.3 Å². The van der Waals surface area contributed by atoms with Crippen molar-refractivity contribution >= 4 is 34.4 Å². The number of hydrogen-bond donors (Lipinski definition) is 3. The Morgan fingerprint density at radius 2 is 1.94 bits per heavy atom. The first-order valence-electron chi connectivity index (χ1n) is 12.5. The van der Waals surface area contributed by atoms with Crippen molar-refractivity contribution in [2.45, 2.75) is 57.4 Å². The highest BCUT2D eigenvalue weighted by Gasteiger charge is 2.54. The molecule has 0 saturated heterocycles. The fourth-order valence-corrected chi connectivity index (χ4v) is 7.65. The van der Waals surface area contributed by atoms with Gasteiger partial charge in [-0.15, -0.1) is 6.58 Å². The largest absolute Gasteiger partial charge is 0.481 e. The zero-order valence-corrected chi connectivity index (χ0v) is 20.4. The van der Waals surface area contributed by atoms with E-state index >= 15 is 0 Å². The van der Waals surface area contributed by atoms with E-state index in [9.17, 15) is 9.90 Å². The van der Waals surface area contributed by atoms with Crippen molar-refractivity contribution in [3.8, 4) is 11.4 Å². The number of H-pyrrole nitrogens is 1. The van der Waals surface area contributed by atoms with Crippen LogP contribution in [0, 0.1) is 23.2 Å². The van der Waals surface area contributed by atoms with E-state index in [2.05, 4.69) is 26.8 Å². The van der Waals surface area contributed by atoms with E-state index in [-0.39, 0.29) is 17.9 Å². The second kappa shape index (κ2) is 8.63. The van der Waals surface area contributed by atoms with E-state index in [0.29, 0.717) is 23.1 Å². The van der Waals surface area contributed by atoms with E-state index < -0.39 is 5.97 Å². The SMILES string of the molecule is C=CCc1cnc(-c2c[nH]c3ncc(Cl)cc23)nc1NC(CC(=O)O)C12CC3CC(CC(C3)C1)C2. The molecule has 0 radical (unpaired) electrons. The van der Waals surface area contributed by atoms with E-state index in [1.165, 1.54) is 19.3 Å². The monoisotopic (exact) mass is 491 g/mol. The van der Waals surface area contributed by atoms with Gasteiger partial charge in [-0.25, -0.2) is 15.0 Å². The van der Waals surface area contributed by atoms with Crippen LogP contribution in [-0.4, -0.2) is 37.1 Å². The van der Waals surface area contributed by atoms with Crippen molar-refractivity contribution in [1.82, 2.24) is 19.9 Å². The standard InChI is InChI=1S/C27H30ClN5O2/c1-2-3-18-12-29-26(21-14-31-25-20(21)7-19(28)13-30-25)33-24(18)32-22(8-23(34)35)27-9-15-4-16(10-27)6-17(5-15)11-27/h2,7,12-17,22H,1,3-6,8-11H2,(H,30,31)(H,34,35)(H,29,32,33). The lowest BCUT2D eigenvalue weighted by Gasteiger charge is -2.59. The quantitative estimate of drug-likeness (QED) is 0.340. The number of nitrogens with one attached hydrogen (secondary N) is 2. The maximum absolute atomic E-state index is 12.0. The van der Waals surface area contributed by atoms with Gasteiger partial charge < -0.3 is 15.4 Å². The van der Waals surface area contributed by atoms with Crippen molar-refractivity contribution in [3.63, 3.8) is 0 Å². The van der Waals surface area contributed by atoms with E-state index in [4.69, 9.17) is 16.6 Å². The van der Waals surface area contributed by atoms with Crippen LogP contribution in [0.1, 0.15) is 50.5 Å². The number of pyridine rings is 1.